The van der Waals surface area contributed by atoms with E-state index in [1.165, 1.54) is 0 Å². The molecule has 3 aromatic rings. The molecule has 0 bridgehead atoms. The maximum Gasteiger partial charge on any atom is 0.410 e. The van der Waals surface area contributed by atoms with Gasteiger partial charge in [-0.2, -0.15) is 0 Å². The second kappa shape index (κ2) is 14.4. The van der Waals surface area contributed by atoms with Crippen LogP contribution in [-0.4, -0.2) is 107 Å². The average Bonchev–Trinajstić information content (AvgIpc) is 3.88. The van der Waals surface area contributed by atoms with E-state index in [0.717, 1.165) is 47.5 Å². The molecule has 2 aromatic heterocycles. The molecule has 3 aliphatic heterocycles. The predicted octanol–water partition coefficient (Wildman–Crippen LogP) is 4.26. The van der Waals surface area contributed by atoms with Gasteiger partial charge in [-0.05, 0) is 71.2 Å². The summed E-state index contributed by atoms with van der Waals surface area (Å²) in [5.74, 6) is 0.790. The summed E-state index contributed by atoms with van der Waals surface area (Å²) in [5, 5.41) is 7.35. The van der Waals surface area contributed by atoms with Crippen molar-refractivity contribution in [3.8, 4) is 10.4 Å². The number of rotatable bonds is 9. The number of aryl methyl sites for hydroxylation is 1. The lowest BCUT2D eigenvalue weighted by molar-refractivity contribution is -0.138. The number of carbonyl (C=O) groups excluding carboxylic acids is 3. The van der Waals surface area contributed by atoms with E-state index in [0.29, 0.717) is 56.8 Å². The molecule has 47 heavy (non-hydrogen) atoms. The Bertz CT molecular complexity index is 1560. The molecule has 3 saturated heterocycles. The van der Waals surface area contributed by atoms with Crippen molar-refractivity contribution in [1.29, 1.82) is 0 Å². The largest absolute Gasteiger partial charge is 0.448 e. The summed E-state index contributed by atoms with van der Waals surface area (Å²) >= 11 is 1.61. The highest BCUT2D eigenvalue weighted by atomic mass is 32.1. The van der Waals surface area contributed by atoms with Crippen molar-refractivity contribution in [3.63, 3.8) is 0 Å². The number of aromatic nitrogens is 2. The van der Waals surface area contributed by atoms with Gasteiger partial charge in [0, 0.05) is 44.3 Å². The van der Waals surface area contributed by atoms with Gasteiger partial charge in [0.15, 0.2) is 5.82 Å². The molecule has 13 heteroatoms. The van der Waals surface area contributed by atoms with Crippen LogP contribution in [0.3, 0.4) is 0 Å². The van der Waals surface area contributed by atoms with Crippen LogP contribution in [0.1, 0.15) is 62.6 Å². The quantitative estimate of drug-likeness (QED) is 0.358. The monoisotopic (exact) mass is 663 g/mol. The summed E-state index contributed by atoms with van der Waals surface area (Å²) in [7, 11) is 2.07. The number of carbonyl (C=O) groups is 3. The average molecular weight is 664 g/mol. The van der Waals surface area contributed by atoms with Crippen LogP contribution in [0.2, 0.25) is 0 Å². The molecule has 3 aliphatic rings. The second-order valence-electron chi connectivity index (χ2n) is 13.0. The van der Waals surface area contributed by atoms with Gasteiger partial charge in [-0.3, -0.25) is 9.59 Å². The number of nitrogens with zero attached hydrogens (tertiary/aromatic N) is 6. The minimum absolute atomic E-state index is 0.0300. The van der Waals surface area contributed by atoms with Gasteiger partial charge in [-0.1, -0.05) is 29.4 Å². The molecule has 0 aliphatic carbocycles. The molecular formula is C34H45N7O5S. The molecular weight excluding hydrogens is 618 g/mol. The first-order valence-electron chi connectivity index (χ1n) is 16.6. The number of hydrogen-bond acceptors (Lipinski definition) is 10. The van der Waals surface area contributed by atoms with E-state index in [2.05, 4.69) is 44.4 Å². The first-order valence-corrected chi connectivity index (χ1v) is 17.5. The summed E-state index contributed by atoms with van der Waals surface area (Å²) in [4.78, 5) is 52.7. The van der Waals surface area contributed by atoms with Crippen LogP contribution in [0.5, 0.6) is 0 Å². The highest BCUT2D eigenvalue weighted by molar-refractivity contribution is 7.13. The number of nitrogens with one attached hydrogen (secondary N) is 1. The van der Waals surface area contributed by atoms with Crippen LogP contribution in [0, 0.1) is 6.92 Å². The fourth-order valence-electron chi connectivity index (χ4n) is 6.90. The summed E-state index contributed by atoms with van der Waals surface area (Å²) in [6.07, 6.45) is 3.34. The lowest BCUT2D eigenvalue weighted by Crippen LogP contribution is -2.54. The molecule has 6 rings (SSSR count). The minimum Gasteiger partial charge on any atom is -0.448 e. The van der Waals surface area contributed by atoms with Crippen LogP contribution in [0.4, 0.5) is 10.6 Å². The predicted molar refractivity (Wildman–Crippen MR) is 179 cm³/mol. The lowest BCUT2D eigenvalue weighted by Gasteiger charge is -2.39. The number of benzene rings is 1. The third kappa shape index (κ3) is 7.46. The molecule has 0 saturated carbocycles. The molecule has 5 heterocycles. The van der Waals surface area contributed by atoms with Crippen molar-refractivity contribution >= 4 is 35.1 Å². The van der Waals surface area contributed by atoms with E-state index >= 15 is 0 Å². The molecule has 1 aromatic carbocycles. The number of piperazine rings is 1. The normalized spacial score (nSPS) is 22.5. The van der Waals surface area contributed by atoms with Crippen LogP contribution >= 0.6 is 11.3 Å². The maximum absolute atomic E-state index is 13.4. The Morgan fingerprint density at radius 1 is 1.09 bits per heavy atom. The summed E-state index contributed by atoms with van der Waals surface area (Å²) in [5.41, 5.74) is 4.96. The first kappa shape index (κ1) is 33.0. The first-order chi connectivity index (χ1) is 22.7. The third-order valence-corrected chi connectivity index (χ3v) is 10.8. The number of ether oxygens (including phenoxy) is 1. The molecule has 0 spiro atoms. The molecule has 3 amide bonds. The molecule has 1 N–H and O–H groups in total. The number of amides is 3. The summed E-state index contributed by atoms with van der Waals surface area (Å²) in [6.45, 7) is 9.63. The van der Waals surface area contributed by atoms with Crippen molar-refractivity contribution in [2.24, 2.45) is 0 Å². The van der Waals surface area contributed by atoms with Gasteiger partial charge in [0.2, 0.25) is 11.8 Å². The molecule has 12 nitrogen and oxygen atoms in total. The van der Waals surface area contributed by atoms with E-state index < -0.39 is 6.04 Å². The highest BCUT2D eigenvalue weighted by Crippen LogP contribution is 2.29. The second-order valence-corrected chi connectivity index (χ2v) is 13.9. The smallest absolute Gasteiger partial charge is 0.410 e. The zero-order valence-electron chi connectivity index (χ0n) is 27.7. The van der Waals surface area contributed by atoms with Crippen molar-refractivity contribution in [1.82, 2.24) is 30.2 Å². The highest BCUT2D eigenvalue weighted by Gasteiger charge is 2.36. The number of likely N-dealkylation sites (tertiary alicyclic amines) is 2. The number of thiazole rings is 1. The zero-order chi connectivity index (χ0) is 33.1. The Hall–Kier alpha value is -3.97. The Morgan fingerprint density at radius 2 is 1.87 bits per heavy atom. The lowest BCUT2D eigenvalue weighted by atomic mass is 10.0. The van der Waals surface area contributed by atoms with Crippen LogP contribution < -0.4 is 10.2 Å². The standard InChI is InChI=1S/C34H45N7O5S/c1-22-19-39(15-16-40(22)34(44)45-20-27-7-5-13-38(27)4)30-17-28(46-37-30)18-31(42)41-14-6-8-29(41)33(43)36-23(2)25-9-11-26(12-10-25)32-24(3)35-21-47-32/h9-12,17,21-23,27,29H,5-8,13-16,18-20H2,1-4H3,(H,36,43)/t22-,23-,27-,29-/m0/s1. The number of likely N-dealkylation sites (N-methyl/N-ethyl adjacent to an activating group) is 1. The number of hydrogen-bond donors (Lipinski definition) is 1. The van der Waals surface area contributed by atoms with Gasteiger partial charge >= 0.3 is 6.09 Å². The SMILES string of the molecule is Cc1ncsc1-c1ccc([C@H](C)NC(=O)[C@@H]2CCCN2C(=O)Cc2cc(N3CCN(C(=O)OC[C@@H]4CCCN4C)[C@@H](C)C3)no2)cc1. The van der Waals surface area contributed by atoms with Crippen molar-refractivity contribution < 1.29 is 23.6 Å². The topological polar surface area (TPSA) is 124 Å². The Kier molecular flexibility index (Phi) is 10.1. The van der Waals surface area contributed by atoms with Gasteiger partial charge in [-0.15, -0.1) is 11.3 Å². The van der Waals surface area contributed by atoms with Crippen molar-refractivity contribution in [3.05, 3.63) is 52.9 Å². The van der Waals surface area contributed by atoms with Crippen LogP contribution in [0.25, 0.3) is 10.4 Å². The maximum atomic E-state index is 13.4. The zero-order valence-corrected chi connectivity index (χ0v) is 28.5. The minimum atomic E-state index is -0.519. The van der Waals surface area contributed by atoms with E-state index in [-0.39, 0.29) is 36.4 Å². The van der Waals surface area contributed by atoms with Gasteiger partial charge < -0.3 is 34.2 Å². The summed E-state index contributed by atoms with van der Waals surface area (Å²) < 4.78 is 11.2. The van der Waals surface area contributed by atoms with Crippen molar-refractivity contribution in [2.75, 3.05) is 51.3 Å². The van der Waals surface area contributed by atoms with Crippen molar-refractivity contribution in [2.45, 2.75) is 77.0 Å². The van der Waals surface area contributed by atoms with Crippen LogP contribution in [-0.2, 0) is 20.7 Å². The van der Waals surface area contributed by atoms with E-state index in [4.69, 9.17) is 9.26 Å². The Balaban J connectivity index is 0.985. The van der Waals surface area contributed by atoms with Gasteiger partial charge in [0.25, 0.3) is 0 Å². The fraction of sp³-hybridized carbons (Fsp3) is 0.559. The van der Waals surface area contributed by atoms with E-state index in [1.54, 1.807) is 27.2 Å². The molecule has 252 valence electrons. The van der Waals surface area contributed by atoms with E-state index in [9.17, 15) is 14.4 Å². The fourth-order valence-corrected chi connectivity index (χ4v) is 7.71. The Labute approximate surface area is 280 Å². The van der Waals surface area contributed by atoms with Gasteiger partial charge in [0.1, 0.15) is 18.4 Å². The molecule has 3 fully saturated rings. The van der Waals surface area contributed by atoms with Gasteiger partial charge in [0.05, 0.1) is 28.5 Å². The molecule has 4 atom stereocenters. The van der Waals surface area contributed by atoms with Gasteiger partial charge in [-0.25, -0.2) is 9.78 Å². The molecule has 0 radical (unpaired) electrons. The Morgan fingerprint density at radius 3 is 2.57 bits per heavy atom. The van der Waals surface area contributed by atoms with Crippen LogP contribution in [0.15, 0.2) is 40.4 Å². The number of anilines is 1. The van der Waals surface area contributed by atoms with E-state index in [1.807, 2.05) is 38.4 Å². The summed E-state index contributed by atoms with van der Waals surface area (Å²) in [6, 6.07) is 9.47. The third-order valence-electron chi connectivity index (χ3n) is 9.78. The molecule has 0 unspecified atom stereocenters.